The Kier molecular flexibility index (Phi) is 3.61. The minimum absolute atomic E-state index is 0.204. The van der Waals surface area contributed by atoms with E-state index in [2.05, 4.69) is 25.3 Å². The molecular formula is C18H17N5O2. The molecule has 0 spiro atoms. The third-order valence-electron chi connectivity index (χ3n) is 4.06. The Balaban J connectivity index is 1.67. The van der Waals surface area contributed by atoms with Crippen molar-refractivity contribution in [2.75, 3.05) is 12.4 Å². The second-order valence-corrected chi connectivity index (χ2v) is 5.82. The van der Waals surface area contributed by atoms with Crippen molar-refractivity contribution in [3.05, 3.63) is 58.3 Å². The van der Waals surface area contributed by atoms with Crippen LogP contribution in [0, 0.1) is 6.92 Å². The van der Waals surface area contributed by atoms with E-state index >= 15 is 0 Å². The highest BCUT2D eigenvalue weighted by Crippen LogP contribution is 2.25. The SMILES string of the molecule is COc1ccc2nc(C)nc(NCc3ccc4[nH]c(=O)[nH]c4c3)c2c1. The fraction of sp³-hybridized carbons (Fsp3) is 0.167. The number of methoxy groups -OCH3 is 1. The van der Waals surface area contributed by atoms with Crippen LogP contribution in [0.3, 0.4) is 0 Å². The number of rotatable bonds is 4. The molecule has 126 valence electrons. The van der Waals surface area contributed by atoms with Crippen LogP contribution in [0.4, 0.5) is 5.82 Å². The van der Waals surface area contributed by atoms with Crippen LogP contribution in [0.25, 0.3) is 21.9 Å². The Morgan fingerprint density at radius 1 is 1.08 bits per heavy atom. The van der Waals surface area contributed by atoms with Crippen molar-refractivity contribution in [2.24, 2.45) is 0 Å². The maximum Gasteiger partial charge on any atom is 0.323 e. The van der Waals surface area contributed by atoms with Crippen molar-refractivity contribution < 1.29 is 4.74 Å². The van der Waals surface area contributed by atoms with Gasteiger partial charge >= 0.3 is 5.69 Å². The number of ether oxygens (including phenoxy) is 1. The van der Waals surface area contributed by atoms with Gasteiger partial charge in [-0.05, 0) is 42.8 Å². The smallest absolute Gasteiger partial charge is 0.323 e. The lowest BCUT2D eigenvalue weighted by Crippen LogP contribution is -2.04. The van der Waals surface area contributed by atoms with Crippen LogP contribution < -0.4 is 15.7 Å². The average molecular weight is 335 g/mol. The largest absolute Gasteiger partial charge is 0.497 e. The zero-order valence-corrected chi connectivity index (χ0v) is 13.9. The lowest BCUT2D eigenvalue weighted by molar-refractivity contribution is 0.415. The van der Waals surface area contributed by atoms with Gasteiger partial charge in [0.15, 0.2) is 0 Å². The Morgan fingerprint density at radius 3 is 2.76 bits per heavy atom. The minimum Gasteiger partial charge on any atom is -0.497 e. The average Bonchev–Trinajstić information content (AvgIpc) is 2.98. The van der Waals surface area contributed by atoms with Crippen molar-refractivity contribution in [3.63, 3.8) is 0 Å². The number of fused-ring (bicyclic) bond motifs is 2. The summed E-state index contributed by atoms with van der Waals surface area (Å²) in [5.41, 5.74) is 3.28. The van der Waals surface area contributed by atoms with Gasteiger partial charge in [0, 0.05) is 11.9 Å². The standard InChI is InChI=1S/C18H17N5O2/c1-10-20-14-6-4-12(25-2)8-13(14)17(21-10)19-9-11-3-5-15-16(7-11)23-18(24)22-15/h3-8H,9H2,1-2H3,(H,19,20,21)(H2,22,23,24). The fourth-order valence-corrected chi connectivity index (χ4v) is 2.86. The van der Waals surface area contributed by atoms with Crippen molar-refractivity contribution in [2.45, 2.75) is 13.5 Å². The quantitative estimate of drug-likeness (QED) is 0.533. The molecule has 7 heteroatoms. The molecule has 0 saturated heterocycles. The van der Waals surface area contributed by atoms with E-state index in [-0.39, 0.29) is 5.69 Å². The fourth-order valence-electron chi connectivity index (χ4n) is 2.86. The van der Waals surface area contributed by atoms with E-state index in [1.807, 2.05) is 43.3 Å². The van der Waals surface area contributed by atoms with Gasteiger partial charge in [-0.15, -0.1) is 0 Å². The number of nitrogens with zero attached hydrogens (tertiary/aromatic N) is 2. The van der Waals surface area contributed by atoms with E-state index in [0.29, 0.717) is 12.4 Å². The highest BCUT2D eigenvalue weighted by Gasteiger charge is 2.08. The molecule has 2 aromatic heterocycles. The third-order valence-corrected chi connectivity index (χ3v) is 4.06. The molecule has 7 nitrogen and oxygen atoms in total. The summed E-state index contributed by atoms with van der Waals surface area (Å²) in [6.45, 7) is 2.44. The molecule has 25 heavy (non-hydrogen) atoms. The van der Waals surface area contributed by atoms with Crippen molar-refractivity contribution in [3.8, 4) is 5.75 Å². The van der Waals surface area contributed by atoms with E-state index < -0.39 is 0 Å². The van der Waals surface area contributed by atoms with Crippen molar-refractivity contribution in [1.82, 2.24) is 19.9 Å². The van der Waals surface area contributed by atoms with E-state index in [1.54, 1.807) is 7.11 Å². The number of imidazole rings is 1. The summed E-state index contributed by atoms with van der Waals surface area (Å²) >= 11 is 0. The van der Waals surface area contributed by atoms with Crippen LogP contribution >= 0.6 is 0 Å². The molecular weight excluding hydrogens is 318 g/mol. The Hall–Kier alpha value is -3.35. The number of aryl methyl sites for hydroxylation is 1. The van der Waals surface area contributed by atoms with Gasteiger partial charge in [0.25, 0.3) is 0 Å². The van der Waals surface area contributed by atoms with E-state index in [9.17, 15) is 4.79 Å². The van der Waals surface area contributed by atoms with Gasteiger partial charge in [-0.1, -0.05) is 6.07 Å². The predicted octanol–water partition coefficient (Wildman–Crippen LogP) is 2.73. The maximum absolute atomic E-state index is 11.4. The topological polar surface area (TPSA) is 95.7 Å². The lowest BCUT2D eigenvalue weighted by Gasteiger charge is -2.11. The first-order valence-electron chi connectivity index (χ1n) is 7.89. The molecule has 0 atom stereocenters. The van der Waals surface area contributed by atoms with Gasteiger partial charge in [-0.25, -0.2) is 14.8 Å². The number of hydrogen-bond acceptors (Lipinski definition) is 5. The lowest BCUT2D eigenvalue weighted by atomic mass is 10.2. The van der Waals surface area contributed by atoms with Gasteiger partial charge in [-0.3, -0.25) is 0 Å². The van der Waals surface area contributed by atoms with E-state index in [0.717, 1.165) is 39.1 Å². The number of anilines is 1. The van der Waals surface area contributed by atoms with Gasteiger partial charge in [0.2, 0.25) is 0 Å². The second kappa shape index (κ2) is 5.94. The zero-order valence-electron chi connectivity index (χ0n) is 13.9. The highest BCUT2D eigenvalue weighted by atomic mass is 16.5. The number of hydrogen-bond donors (Lipinski definition) is 3. The monoisotopic (exact) mass is 335 g/mol. The van der Waals surface area contributed by atoms with Crippen molar-refractivity contribution in [1.29, 1.82) is 0 Å². The predicted molar refractivity (Wildman–Crippen MR) is 97.1 cm³/mol. The Morgan fingerprint density at radius 2 is 1.92 bits per heavy atom. The van der Waals surface area contributed by atoms with Crippen LogP contribution in [0.15, 0.2) is 41.2 Å². The molecule has 0 unspecified atom stereocenters. The summed E-state index contributed by atoms with van der Waals surface area (Å²) in [6, 6.07) is 11.5. The molecule has 0 fully saturated rings. The summed E-state index contributed by atoms with van der Waals surface area (Å²) in [5.74, 6) is 2.21. The van der Waals surface area contributed by atoms with Gasteiger partial charge in [-0.2, -0.15) is 0 Å². The third kappa shape index (κ3) is 2.91. The summed E-state index contributed by atoms with van der Waals surface area (Å²) < 4.78 is 5.30. The maximum atomic E-state index is 11.4. The summed E-state index contributed by atoms with van der Waals surface area (Å²) in [7, 11) is 1.64. The van der Waals surface area contributed by atoms with E-state index in [4.69, 9.17) is 4.74 Å². The summed E-state index contributed by atoms with van der Waals surface area (Å²) in [4.78, 5) is 25.9. The van der Waals surface area contributed by atoms with Crippen LogP contribution in [-0.2, 0) is 6.54 Å². The van der Waals surface area contributed by atoms with Crippen LogP contribution in [0.1, 0.15) is 11.4 Å². The molecule has 0 aliphatic carbocycles. The Labute approximate surface area is 143 Å². The number of aromatic nitrogens is 4. The molecule has 4 aromatic rings. The van der Waals surface area contributed by atoms with Gasteiger partial charge in [0.05, 0.1) is 23.7 Å². The number of benzene rings is 2. The molecule has 0 aliphatic rings. The number of H-pyrrole nitrogens is 2. The first kappa shape index (κ1) is 15.2. The zero-order chi connectivity index (χ0) is 17.4. The van der Waals surface area contributed by atoms with Gasteiger partial charge < -0.3 is 20.0 Å². The molecule has 4 rings (SSSR count). The minimum atomic E-state index is -0.204. The van der Waals surface area contributed by atoms with Gasteiger partial charge in [0.1, 0.15) is 17.4 Å². The Bertz CT molecular complexity index is 1130. The van der Waals surface area contributed by atoms with Crippen LogP contribution in [-0.4, -0.2) is 27.0 Å². The van der Waals surface area contributed by atoms with E-state index in [1.165, 1.54) is 0 Å². The molecule has 0 bridgehead atoms. The number of aromatic amines is 2. The van der Waals surface area contributed by atoms with Crippen LogP contribution in [0.2, 0.25) is 0 Å². The van der Waals surface area contributed by atoms with Crippen molar-refractivity contribution >= 4 is 27.8 Å². The molecule has 0 amide bonds. The summed E-state index contributed by atoms with van der Waals surface area (Å²) in [5, 5.41) is 4.26. The molecule has 2 aromatic carbocycles. The normalized spacial score (nSPS) is 11.1. The molecule has 0 radical (unpaired) electrons. The second-order valence-electron chi connectivity index (χ2n) is 5.82. The molecule has 2 heterocycles. The highest BCUT2D eigenvalue weighted by molar-refractivity contribution is 5.90. The molecule has 0 aliphatic heterocycles. The molecule has 3 N–H and O–H groups in total. The first-order valence-corrected chi connectivity index (χ1v) is 7.89. The first-order chi connectivity index (χ1) is 12.1. The molecule has 0 saturated carbocycles. The summed E-state index contributed by atoms with van der Waals surface area (Å²) in [6.07, 6.45) is 0. The van der Waals surface area contributed by atoms with Crippen LogP contribution in [0.5, 0.6) is 5.75 Å². The number of nitrogens with one attached hydrogen (secondary N) is 3.